The minimum absolute atomic E-state index is 0.251. The predicted molar refractivity (Wildman–Crippen MR) is 383 cm³/mol. The van der Waals surface area contributed by atoms with E-state index in [4.69, 9.17) is 18.9 Å². The molecular weight excluding hydrogens is 1170 g/mol. The van der Waals surface area contributed by atoms with Gasteiger partial charge < -0.3 is 65.1 Å². The number of unbranched alkanes of at least 4 members (excludes halogenated alkanes) is 35. The Bertz CT molecular complexity index is 1930. The van der Waals surface area contributed by atoms with Crippen LogP contribution >= 0.6 is 0 Å². The van der Waals surface area contributed by atoms with Crippen LogP contribution in [0.1, 0.15) is 303 Å². The summed E-state index contributed by atoms with van der Waals surface area (Å²) in [6.45, 7) is 2.69. The van der Waals surface area contributed by atoms with Crippen LogP contribution in [0.15, 0.2) is 97.2 Å². The van der Waals surface area contributed by atoms with Crippen molar-refractivity contribution in [2.75, 3.05) is 19.8 Å². The lowest BCUT2D eigenvalue weighted by Crippen LogP contribution is -2.65. The maximum Gasteiger partial charge on any atom is 0.220 e. The van der Waals surface area contributed by atoms with Crippen molar-refractivity contribution < 1.29 is 64.6 Å². The van der Waals surface area contributed by atoms with Gasteiger partial charge in [-0.15, -0.1) is 0 Å². The Morgan fingerprint density at radius 3 is 1.18 bits per heavy atom. The molecule has 1 amide bonds. The van der Waals surface area contributed by atoms with Crippen molar-refractivity contribution in [3.8, 4) is 0 Å². The molecule has 2 fully saturated rings. The zero-order valence-electron chi connectivity index (χ0n) is 58.7. The highest BCUT2D eigenvalue weighted by atomic mass is 16.7. The van der Waals surface area contributed by atoms with Crippen LogP contribution < -0.4 is 5.32 Å². The zero-order chi connectivity index (χ0) is 67.3. The molecule has 2 heterocycles. The van der Waals surface area contributed by atoms with Gasteiger partial charge in [0.25, 0.3) is 0 Å². The molecule has 12 unspecified atom stereocenters. The minimum atomic E-state index is -1.80. The molecule has 0 aromatic heterocycles. The number of carbonyl (C=O) groups is 1. The number of rotatable bonds is 62. The highest BCUT2D eigenvalue weighted by Gasteiger charge is 2.51. The van der Waals surface area contributed by atoms with Crippen LogP contribution in [0.2, 0.25) is 0 Å². The van der Waals surface area contributed by atoms with Gasteiger partial charge in [0, 0.05) is 6.42 Å². The van der Waals surface area contributed by atoms with Gasteiger partial charge >= 0.3 is 0 Å². The lowest BCUT2D eigenvalue weighted by molar-refractivity contribution is -0.359. The van der Waals surface area contributed by atoms with Crippen LogP contribution in [0, 0.1) is 0 Å². The Labute approximate surface area is 566 Å². The minimum Gasteiger partial charge on any atom is -0.394 e. The van der Waals surface area contributed by atoms with Crippen molar-refractivity contribution in [1.82, 2.24) is 5.32 Å². The first-order chi connectivity index (χ1) is 45.6. The first-order valence-corrected chi connectivity index (χ1v) is 38.0. The second-order valence-corrected chi connectivity index (χ2v) is 26.4. The summed E-state index contributed by atoms with van der Waals surface area (Å²) in [5.74, 6) is -0.251. The summed E-state index contributed by atoms with van der Waals surface area (Å²) in [6.07, 6.45) is 71.9. The second kappa shape index (κ2) is 62.4. The number of aliphatic hydroxyl groups is 8. The highest BCUT2D eigenvalue weighted by molar-refractivity contribution is 5.76. The summed E-state index contributed by atoms with van der Waals surface area (Å²) in [5, 5.41) is 87.5. The van der Waals surface area contributed by atoms with Gasteiger partial charge in [0.2, 0.25) is 5.91 Å². The Kier molecular flexibility index (Phi) is 57.7. The third kappa shape index (κ3) is 45.9. The number of hydrogen-bond donors (Lipinski definition) is 9. The first-order valence-electron chi connectivity index (χ1n) is 38.0. The Morgan fingerprint density at radius 1 is 0.398 bits per heavy atom. The average molecular weight is 1310 g/mol. The van der Waals surface area contributed by atoms with Gasteiger partial charge in [0.05, 0.1) is 32.0 Å². The van der Waals surface area contributed by atoms with Crippen molar-refractivity contribution in [2.24, 2.45) is 0 Å². The standard InChI is InChI=1S/C79H139NO13/c1-3-5-7-9-11-13-15-17-19-21-23-25-27-29-30-31-32-33-34-35-36-37-38-39-41-43-45-47-49-51-53-55-57-59-61-63-71(84)80-67(66-90-78-76(89)74(87)77(70(65-82)92-78)93-79-75(88)73(86)72(85)69(64-81)91-79)68(83)62-60-58-56-54-52-50-48-46-44-42-40-28-26-24-22-20-18-16-14-12-10-8-6-4-2/h5,7,11,13,17,19,23,25,29-30,44,46,52,54,60,62,67-70,72-79,81-83,85-89H,3-4,6,8-10,12,14-16,18,20-22,24,26-28,31-43,45,47-51,53,55-59,61,63-66H2,1-2H3,(H,80,84)/b7-5-,13-11-,19-17-,25-23-,30-29-,46-44+,54-52+,62-60+. The molecule has 0 bridgehead atoms. The molecule has 2 saturated heterocycles. The van der Waals surface area contributed by atoms with Crippen LogP contribution in [0.25, 0.3) is 0 Å². The van der Waals surface area contributed by atoms with E-state index < -0.39 is 86.8 Å². The number of hydrogen-bond acceptors (Lipinski definition) is 13. The third-order valence-corrected chi connectivity index (χ3v) is 18.0. The molecule has 2 aliphatic rings. The summed E-state index contributed by atoms with van der Waals surface area (Å²) in [6, 6.07) is -0.943. The van der Waals surface area contributed by atoms with E-state index in [0.717, 1.165) is 77.0 Å². The Hall–Kier alpha value is -3.09. The Balaban J connectivity index is 1.64. The van der Waals surface area contributed by atoms with E-state index in [-0.39, 0.29) is 18.9 Å². The fourth-order valence-electron chi connectivity index (χ4n) is 12.0. The van der Waals surface area contributed by atoms with Crippen LogP contribution in [-0.4, -0.2) is 140 Å². The molecule has 538 valence electrons. The van der Waals surface area contributed by atoms with Crippen LogP contribution in [-0.2, 0) is 23.7 Å². The highest BCUT2D eigenvalue weighted by Crippen LogP contribution is 2.30. The van der Waals surface area contributed by atoms with E-state index in [1.807, 2.05) is 6.08 Å². The molecule has 2 rings (SSSR count). The van der Waals surface area contributed by atoms with Gasteiger partial charge in [-0.3, -0.25) is 4.79 Å². The van der Waals surface area contributed by atoms with E-state index in [2.05, 4.69) is 104 Å². The molecule has 14 nitrogen and oxygen atoms in total. The van der Waals surface area contributed by atoms with Crippen LogP contribution in [0.3, 0.4) is 0 Å². The lowest BCUT2D eigenvalue weighted by Gasteiger charge is -2.46. The van der Waals surface area contributed by atoms with Crippen molar-refractivity contribution >= 4 is 5.91 Å². The molecule has 9 N–H and O–H groups in total. The molecule has 0 saturated carbocycles. The maximum atomic E-state index is 13.4. The van der Waals surface area contributed by atoms with Gasteiger partial charge in [-0.05, 0) is 89.9 Å². The van der Waals surface area contributed by atoms with Crippen LogP contribution in [0.5, 0.6) is 0 Å². The van der Waals surface area contributed by atoms with Crippen molar-refractivity contribution in [2.45, 2.75) is 376 Å². The number of allylic oxidation sites excluding steroid dienone is 15. The molecule has 0 spiro atoms. The first kappa shape index (κ1) is 86.0. The topological polar surface area (TPSA) is 228 Å². The second-order valence-electron chi connectivity index (χ2n) is 26.4. The largest absolute Gasteiger partial charge is 0.394 e. The van der Waals surface area contributed by atoms with Crippen molar-refractivity contribution in [3.05, 3.63) is 97.2 Å². The molecule has 0 aromatic carbocycles. The summed E-state index contributed by atoms with van der Waals surface area (Å²) < 4.78 is 22.9. The van der Waals surface area contributed by atoms with Crippen molar-refractivity contribution in [3.63, 3.8) is 0 Å². The fraction of sp³-hybridized carbons (Fsp3) is 0.785. The SMILES string of the molecule is CC/C=C\C/C=C\C/C=C\C/C=C\C/C=C\CCCCCCCCCCCCCCCCCCCCCC(=O)NC(COC1OC(CO)C(OC2OC(CO)C(O)C(O)C2O)C(O)C1O)C(O)/C=C/CC/C=C/CC/C=C/CCCCCCCCCCCCCCCC. The summed E-state index contributed by atoms with van der Waals surface area (Å²) in [4.78, 5) is 13.4. The molecule has 14 heteroatoms. The molecule has 2 aliphatic heterocycles. The fourth-order valence-corrected chi connectivity index (χ4v) is 12.0. The summed E-state index contributed by atoms with van der Waals surface area (Å²) in [5.41, 5.74) is 0. The molecule has 0 aromatic rings. The van der Waals surface area contributed by atoms with Crippen LogP contribution in [0.4, 0.5) is 0 Å². The quantitative estimate of drug-likeness (QED) is 0.0204. The zero-order valence-corrected chi connectivity index (χ0v) is 58.7. The van der Waals surface area contributed by atoms with Gasteiger partial charge in [0.1, 0.15) is 48.8 Å². The van der Waals surface area contributed by atoms with Crippen molar-refractivity contribution in [1.29, 1.82) is 0 Å². The predicted octanol–water partition coefficient (Wildman–Crippen LogP) is 16.5. The average Bonchev–Trinajstić information content (AvgIpc) is 0.854. The molecule has 0 radical (unpaired) electrons. The van der Waals surface area contributed by atoms with Gasteiger partial charge in [0.15, 0.2) is 12.6 Å². The lowest BCUT2D eigenvalue weighted by atomic mass is 9.97. The van der Waals surface area contributed by atoms with Gasteiger partial charge in [-0.25, -0.2) is 0 Å². The van der Waals surface area contributed by atoms with Gasteiger partial charge in [-0.1, -0.05) is 304 Å². The number of carbonyl (C=O) groups excluding carboxylic acids is 1. The monoisotopic (exact) mass is 1310 g/mol. The summed E-state index contributed by atoms with van der Waals surface area (Å²) >= 11 is 0. The number of nitrogens with one attached hydrogen (secondary N) is 1. The van der Waals surface area contributed by atoms with E-state index in [0.29, 0.717) is 12.8 Å². The van der Waals surface area contributed by atoms with E-state index in [1.54, 1.807) is 6.08 Å². The molecular formula is C79H139NO13. The maximum absolute atomic E-state index is 13.4. The smallest absolute Gasteiger partial charge is 0.220 e. The molecule has 0 aliphatic carbocycles. The van der Waals surface area contributed by atoms with E-state index in [9.17, 15) is 45.6 Å². The number of amides is 1. The van der Waals surface area contributed by atoms with Gasteiger partial charge in [-0.2, -0.15) is 0 Å². The van der Waals surface area contributed by atoms with E-state index in [1.165, 1.54) is 193 Å². The summed E-state index contributed by atoms with van der Waals surface area (Å²) in [7, 11) is 0. The molecule has 12 atom stereocenters. The molecule has 93 heavy (non-hydrogen) atoms. The normalized spacial score (nSPS) is 23.1. The third-order valence-electron chi connectivity index (χ3n) is 18.0. The Morgan fingerprint density at radius 2 is 0.753 bits per heavy atom. The van der Waals surface area contributed by atoms with E-state index >= 15 is 0 Å². The number of ether oxygens (including phenoxy) is 4. The number of aliphatic hydroxyl groups excluding tert-OH is 8.